The first-order valence-electron chi connectivity index (χ1n) is 4.98. The SMILES string of the molecule is CN1CC(=O)N(CC(=O)OC(C)(C)C)C1=O. The van der Waals surface area contributed by atoms with E-state index in [1.807, 2.05) is 0 Å². The van der Waals surface area contributed by atoms with Gasteiger partial charge >= 0.3 is 12.0 Å². The summed E-state index contributed by atoms with van der Waals surface area (Å²) < 4.78 is 5.03. The molecule has 16 heavy (non-hydrogen) atoms. The summed E-state index contributed by atoms with van der Waals surface area (Å²) in [7, 11) is 1.51. The van der Waals surface area contributed by atoms with Crippen molar-refractivity contribution >= 4 is 17.9 Å². The molecule has 0 unspecified atom stereocenters. The van der Waals surface area contributed by atoms with E-state index < -0.39 is 17.6 Å². The van der Waals surface area contributed by atoms with Gasteiger partial charge in [0.25, 0.3) is 5.91 Å². The second kappa shape index (κ2) is 4.11. The van der Waals surface area contributed by atoms with Gasteiger partial charge in [0.1, 0.15) is 18.7 Å². The lowest BCUT2D eigenvalue weighted by molar-refractivity contribution is -0.156. The Labute approximate surface area is 94.1 Å². The third-order valence-corrected chi connectivity index (χ3v) is 1.94. The molecule has 0 aromatic rings. The van der Waals surface area contributed by atoms with E-state index in [4.69, 9.17) is 4.74 Å². The highest BCUT2D eigenvalue weighted by atomic mass is 16.6. The van der Waals surface area contributed by atoms with Crippen LogP contribution in [-0.4, -0.2) is 53.4 Å². The minimum atomic E-state index is -0.616. The fourth-order valence-corrected chi connectivity index (χ4v) is 1.33. The van der Waals surface area contributed by atoms with Crippen molar-refractivity contribution in [1.29, 1.82) is 0 Å². The van der Waals surface area contributed by atoms with E-state index in [2.05, 4.69) is 0 Å². The Kier molecular flexibility index (Phi) is 3.21. The van der Waals surface area contributed by atoms with Crippen LogP contribution in [0.1, 0.15) is 20.8 Å². The number of esters is 1. The van der Waals surface area contributed by atoms with Crippen molar-refractivity contribution in [3.05, 3.63) is 0 Å². The number of nitrogens with zero attached hydrogens (tertiary/aromatic N) is 2. The van der Waals surface area contributed by atoms with E-state index in [0.717, 1.165) is 4.90 Å². The topological polar surface area (TPSA) is 66.9 Å². The van der Waals surface area contributed by atoms with Gasteiger partial charge in [-0.3, -0.25) is 14.5 Å². The molecule has 0 aromatic carbocycles. The molecular formula is C10H16N2O4. The molecule has 0 bridgehead atoms. The number of likely N-dealkylation sites (N-methyl/N-ethyl adjacent to an activating group) is 1. The number of carbonyl (C=O) groups is 3. The molecule has 0 N–H and O–H groups in total. The molecule has 1 aliphatic heterocycles. The summed E-state index contributed by atoms with van der Waals surface area (Å²) in [6, 6.07) is -0.462. The lowest BCUT2D eigenvalue weighted by Crippen LogP contribution is -2.39. The second-order valence-electron chi connectivity index (χ2n) is 4.70. The van der Waals surface area contributed by atoms with Crippen LogP contribution in [-0.2, 0) is 14.3 Å². The zero-order valence-electron chi connectivity index (χ0n) is 9.94. The van der Waals surface area contributed by atoms with Crippen LogP contribution in [0.2, 0.25) is 0 Å². The summed E-state index contributed by atoms with van der Waals surface area (Å²) >= 11 is 0. The second-order valence-corrected chi connectivity index (χ2v) is 4.70. The Hall–Kier alpha value is -1.59. The van der Waals surface area contributed by atoms with Gasteiger partial charge in [0.15, 0.2) is 0 Å². The van der Waals surface area contributed by atoms with Gasteiger partial charge in [-0.05, 0) is 20.8 Å². The van der Waals surface area contributed by atoms with Crippen molar-refractivity contribution in [3.8, 4) is 0 Å². The molecule has 1 aliphatic rings. The third kappa shape index (κ3) is 2.95. The summed E-state index contributed by atoms with van der Waals surface area (Å²) in [6.07, 6.45) is 0. The number of urea groups is 1. The average Bonchev–Trinajstić information content (AvgIpc) is 2.29. The zero-order chi connectivity index (χ0) is 12.5. The Balaban J connectivity index is 2.58. The number of amides is 3. The predicted molar refractivity (Wildman–Crippen MR) is 55.6 cm³/mol. The Morgan fingerprint density at radius 1 is 1.38 bits per heavy atom. The van der Waals surface area contributed by atoms with Crippen molar-refractivity contribution in [2.45, 2.75) is 26.4 Å². The number of carbonyl (C=O) groups excluding carboxylic acids is 3. The van der Waals surface area contributed by atoms with Crippen molar-refractivity contribution in [3.63, 3.8) is 0 Å². The molecule has 90 valence electrons. The smallest absolute Gasteiger partial charge is 0.327 e. The highest BCUT2D eigenvalue weighted by Gasteiger charge is 2.35. The van der Waals surface area contributed by atoms with Crippen LogP contribution in [0.25, 0.3) is 0 Å². The van der Waals surface area contributed by atoms with Gasteiger partial charge in [-0.1, -0.05) is 0 Å². The minimum absolute atomic E-state index is 0.0155. The maximum Gasteiger partial charge on any atom is 0.327 e. The van der Waals surface area contributed by atoms with Crippen LogP contribution >= 0.6 is 0 Å². The zero-order valence-corrected chi connectivity index (χ0v) is 9.94. The fourth-order valence-electron chi connectivity index (χ4n) is 1.33. The van der Waals surface area contributed by atoms with Crippen LogP contribution in [0, 0.1) is 0 Å². The molecule has 6 heteroatoms. The molecule has 0 aromatic heterocycles. The van der Waals surface area contributed by atoms with Crippen LogP contribution in [0.4, 0.5) is 4.79 Å². The number of hydrogen-bond donors (Lipinski definition) is 0. The van der Waals surface area contributed by atoms with E-state index in [0.29, 0.717) is 0 Å². The summed E-state index contributed by atoms with van der Waals surface area (Å²) in [5.41, 5.74) is -0.616. The van der Waals surface area contributed by atoms with Crippen molar-refractivity contribution in [1.82, 2.24) is 9.80 Å². The van der Waals surface area contributed by atoms with Crippen LogP contribution in [0.15, 0.2) is 0 Å². The lowest BCUT2D eigenvalue weighted by Gasteiger charge is -2.21. The van der Waals surface area contributed by atoms with E-state index in [-0.39, 0.29) is 19.0 Å². The first kappa shape index (κ1) is 12.5. The van der Waals surface area contributed by atoms with Gasteiger partial charge in [0.05, 0.1) is 0 Å². The highest BCUT2D eigenvalue weighted by Crippen LogP contribution is 2.11. The Bertz CT molecular complexity index is 332. The number of rotatable bonds is 2. The molecule has 0 saturated carbocycles. The fraction of sp³-hybridized carbons (Fsp3) is 0.700. The predicted octanol–water partition coefficient (Wildman–Crippen LogP) is 0.222. The van der Waals surface area contributed by atoms with Gasteiger partial charge in [-0.15, -0.1) is 0 Å². The van der Waals surface area contributed by atoms with E-state index in [1.165, 1.54) is 11.9 Å². The molecule has 0 spiro atoms. The molecule has 1 fully saturated rings. The molecule has 1 heterocycles. The van der Waals surface area contributed by atoms with E-state index in [9.17, 15) is 14.4 Å². The third-order valence-electron chi connectivity index (χ3n) is 1.94. The number of hydrogen-bond acceptors (Lipinski definition) is 4. The van der Waals surface area contributed by atoms with Crippen molar-refractivity contribution in [2.24, 2.45) is 0 Å². The largest absolute Gasteiger partial charge is 0.459 e. The van der Waals surface area contributed by atoms with Crippen LogP contribution in [0.3, 0.4) is 0 Å². The molecular weight excluding hydrogens is 212 g/mol. The molecule has 0 atom stereocenters. The summed E-state index contributed by atoms with van der Waals surface area (Å²) in [4.78, 5) is 36.4. The van der Waals surface area contributed by atoms with E-state index in [1.54, 1.807) is 20.8 Å². The van der Waals surface area contributed by atoms with Crippen molar-refractivity contribution < 1.29 is 19.1 Å². The number of ether oxygens (including phenoxy) is 1. The van der Waals surface area contributed by atoms with Gasteiger partial charge in [0.2, 0.25) is 0 Å². The first-order chi connectivity index (χ1) is 7.20. The number of imide groups is 1. The molecule has 0 radical (unpaired) electrons. The average molecular weight is 228 g/mol. The van der Waals surface area contributed by atoms with Crippen LogP contribution in [0.5, 0.6) is 0 Å². The summed E-state index contributed by atoms with van der Waals surface area (Å²) in [5.74, 6) is -0.956. The Morgan fingerprint density at radius 3 is 2.31 bits per heavy atom. The Morgan fingerprint density at radius 2 is 1.94 bits per heavy atom. The lowest BCUT2D eigenvalue weighted by atomic mass is 10.2. The van der Waals surface area contributed by atoms with Gasteiger partial charge in [-0.2, -0.15) is 0 Å². The van der Waals surface area contributed by atoms with Crippen LogP contribution < -0.4 is 0 Å². The van der Waals surface area contributed by atoms with Crippen molar-refractivity contribution in [2.75, 3.05) is 20.1 Å². The standard InChI is InChI=1S/C10H16N2O4/c1-10(2,3)16-8(14)6-12-7(13)5-11(4)9(12)15/h5-6H2,1-4H3. The molecule has 0 aliphatic carbocycles. The van der Waals surface area contributed by atoms with Gasteiger partial charge in [-0.25, -0.2) is 4.79 Å². The molecule has 1 saturated heterocycles. The minimum Gasteiger partial charge on any atom is -0.459 e. The first-order valence-corrected chi connectivity index (χ1v) is 4.98. The highest BCUT2D eigenvalue weighted by molar-refractivity contribution is 6.03. The maximum absolute atomic E-state index is 11.4. The molecule has 1 rings (SSSR count). The molecule has 3 amide bonds. The quantitative estimate of drug-likeness (QED) is 0.501. The normalized spacial score (nSPS) is 17.0. The summed E-state index contributed by atoms with van der Waals surface area (Å²) in [5, 5.41) is 0. The summed E-state index contributed by atoms with van der Waals surface area (Å²) in [6.45, 7) is 4.88. The van der Waals surface area contributed by atoms with Gasteiger partial charge < -0.3 is 9.64 Å². The van der Waals surface area contributed by atoms with Gasteiger partial charge in [0, 0.05) is 7.05 Å². The molecule has 6 nitrogen and oxygen atoms in total. The van der Waals surface area contributed by atoms with E-state index >= 15 is 0 Å². The maximum atomic E-state index is 11.4. The monoisotopic (exact) mass is 228 g/mol.